The molecule has 220 valence electrons. The molecule has 0 N–H and O–H groups in total. The third kappa shape index (κ3) is 4.79. The standard InChI is InChI=1S/C29H29FN10OS2/c1-3-21-26(36(2)27-34-25(23(11-32)42-27)18-4-6-20(30)7-5-18)40-28(33-21)43-29(35-40)39-14-19-8-9-37(15-22(19)39)16-24(41)38-12-17(10-31)13-38/h4-7,17,19,22H,3,8-9,12-16H2,1-2H3/t19?,22-/m1/s1. The van der Waals surface area contributed by atoms with Crippen molar-refractivity contribution in [1.82, 2.24) is 29.4 Å². The molecule has 1 aromatic carbocycles. The largest absolute Gasteiger partial charge is 0.342 e. The highest BCUT2D eigenvalue weighted by Gasteiger charge is 2.45. The van der Waals surface area contributed by atoms with Gasteiger partial charge in [-0.3, -0.25) is 9.69 Å². The van der Waals surface area contributed by atoms with Crippen molar-refractivity contribution in [3.8, 4) is 23.4 Å². The van der Waals surface area contributed by atoms with Crippen LogP contribution in [0.25, 0.3) is 16.2 Å². The lowest BCUT2D eigenvalue weighted by atomic mass is 9.83. The summed E-state index contributed by atoms with van der Waals surface area (Å²) >= 11 is 2.84. The molecule has 1 unspecified atom stereocenters. The SMILES string of the molecule is CCc1nc2sc(N3CC4CCN(CC(=O)N5CC(C#N)C5)C[C@H]43)nn2c1N(C)c1nc(-c2ccc(F)cc2)c(C#N)s1. The Hall–Kier alpha value is -4.11. The molecule has 3 aromatic heterocycles. The number of rotatable bonds is 7. The number of likely N-dealkylation sites (tertiary alicyclic amines) is 2. The van der Waals surface area contributed by atoms with E-state index in [-0.39, 0.29) is 17.6 Å². The summed E-state index contributed by atoms with van der Waals surface area (Å²) in [4.78, 5) is 31.9. The van der Waals surface area contributed by atoms with Gasteiger partial charge in [0.05, 0.1) is 24.2 Å². The molecule has 11 nitrogen and oxygen atoms in total. The zero-order valence-corrected chi connectivity index (χ0v) is 25.4. The van der Waals surface area contributed by atoms with E-state index in [1.165, 1.54) is 23.5 Å². The topological polar surface area (TPSA) is 121 Å². The molecule has 0 spiro atoms. The normalized spacial score (nSPS) is 20.3. The molecule has 0 bridgehead atoms. The molecule has 2 atom stereocenters. The molecule has 3 fully saturated rings. The maximum absolute atomic E-state index is 13.5. The number of amides is 1. The third-order valence-electron chi connectivity index (χ3n) is 8.67. The van der Waals surface area contributed by atoms with Gasteiger partial charge in [-0.05, 0) is 49.6 Å². The van der Waals surface area contributed by atoms with Crippen LogP contribution in [0.3, 0.4) is 0 Å². The Morgan fingerprint density at radius 3 is 2.65 bits per heavy atom. The van der Waals surface area contributed by atoms with E-state index in [9.17, 15) is 14.4 Å². The summed E-state index contributed by atoms with van der Waals surface area (Å²) in [6, 6.07) is 10.8. The predicted octanol–water partition coefficient (Wildman–Crippen LogP) is 3.75. The van der Waals surface area contributed by atoms with Crippen molar-refractivity contribution < 1.29 is 9.18 Å². The first kappa shape index (κ1) is 27.7. The fourth-order valence-electron chi connectivity index (χ4n) is 6.16. The van der Waals surface area contributed by atoms with E-state index in [0.717, 1.165) is 47.7 Å². The van der Waals surface area contributed by atoms with E-state index in [4.69, 9.17) is 20.3 Å². The van der Waals surface area contributed by atoms with Crippen molar-refractivity contribution >= 4 is 49.6 Å². The van der Waals surface area contributed by atoms with Crippen molar-refractivity contribution in [1.29, 1.82) is 10.5 Å². The van der Waals surface area contributed by atoms with Crippen LogP contribution in [0.15, 0.2) is 24.3 Å². The monoisotopic (exact) mass is 616 g/mol. The second-order valence-electron chi connectivity index (χ2n) is 11.3. The Bertz CT molecular complexity index is 1780. The Morgan fingerprint density at radius 1 is 1.14 bits per heavy atom. The molecule has 0 saturated carbocycles. The average molecular weight is 617 g/mol. The molecule has 3 aliphatic heterocycles. The molecule has 14 heteroatoms. The lowest BCUT2D eigenvalue weighted by Gasteiger charge is -2.53. The molecule has 0 radical (unpaired) electrons. The summed E-state index contributed by atoms with van der Waals surface area (Å²) in [6.07, 6.45) is 1.75. The van der Waals surface area contributed by atoms with Crippen molar-refractivity contribution in [3.05, 3.63) is 40.7 Å². The number of imidazole rings is 1. The molecule has 1 amide bonds. The average Bonchev–Trinajstić information content (AvgIpc) is 3.67. The van der Waals surface area contributed by atoms with Crippen LogP contribution in [0.4, 0.5) is 20.5 Å². The number of carbonyl (C=O) groups excluding carboxylic acids is 1. The van der Waals surface area contributed by atoms with Gasteiger partial charge in [-0.15, -0.1) is 5.10 Å². The lowest BCUT2D eigenvalue weighted by Crippen LogP contribution is -2.65. The zero-order chi connectivity index (χ0) is 29.8. The van der Waals surface area contributed by atoms with Gasteiger partial charge >= 0.3 is 0 Å². The Morgan fingerprint density at radius 2 is 1.93 bits per heavy atom. The van der Waals surface area contributed by atoms with Gasteiger partial charge in [0.15, 0.2) is 10.9 Å². The molecule has 4 aromatic rings. The number of hydrogen-bond donors (Lipinski definition) is 0. The summed E-state index contributed by atoms with van der Waals surface area (Å²) < 4.78 is 15.4. The predicted molar refractivity (Wildman–Crippen MR) is 162 cm³/mol. The number of nitriles is 2. The minimum atomic E-state index is -0.340. The lowest BCUT2D eigenvalue weighted by molar-refractivity contribution is -0.138. The minimum Gasteiger partial charge on any atom is -0.342 e. The third-order valence-corrected chi connectivity index (χ3v) is 10.7. The maximum atomic E-state index is 13.5. The van der Waals surface area contributed by atoms with Crippen LogP contribution < -0.4 is 9.80 Å². The summed E-state index contributed by atoms with van der Waals surface area (Å²) in [6.45, 7) is 6.18. The van der Waals surface area contributed by atoms with E-state index >= 15 is 0 Å². The van der Waals surface area contributed by atoms with Crippen LogP contribution in [-0.2, 0) is 11.2 Å². The molecular weight excluding hydrogens is 588 g/mol. The van der Waals surface area contributed by atoms with Crippen LogP contribution >= 0.6 is 22.7 Å². The number of benzene rings is 1. The highest BCUT2D eigenvalue weighted by atomic mass is 32.1. The van der Waals surface area contributed by atoms with Gasteiger partial charge in [0.2, 0.25) is 16.0 Å². The van der Waals surface area contributed by atoms with Gasteiger partial charge in [0.1, 0.15) is 22.5 Å². The summed E-state index contributed by atoms with van der Waals surface area (Å²) in [7, 11) is 1.91. The fourth-order valence-corrected chi connectivity index (χ4v) is 7.99. The van der Waals surface area contributed by atoms with Crippen molar-refractivity contribution in [2.24, 2.45) is 11.8 Å². The fraction of sp³-hybridized carbons (Fsp3) is 0.448. The Kier molecular flexibility index (Phi) is 7.00. The summed E-state index contributed by atoms with van der Waals surface area (Å²) in [5, 5.41) is 25.4. The molecule has 43 heavy (non-hydrogen) atoms. The zero-order valence-electron chi connectivity index (χ0n) is 23.8. The van der Waals surface area contributed by atoms with Crippen molar-refractivity contribution in [2.45, 2.75) is 25.8 Å². The number of halogens is 1. The minimum absolute atomic E-state index is 0.0290. The van der Waals surface area contributed by atoms with Gasteiger partial charge < -0.3 is 14.7 Å². The Labute approximate surface area is 256 Å². The maximum Gasteiger partial charge on any atom is 0.236 e. The van der Waals surface area contributed by atoms with Crippen LogP contribution in [0.5, 0.6) is 0 Å². The summed E-state index contributed by atoms with van der Waals surface area (Å²) in [5.41, 5.74) is 2.10. The number of piperidine rings is 1. The molecule has 3 aliphatic rings. The van der Waals surface area contributed by atoms with E-state index < -0.39 is 0 Å². The van der Waals surface area contributed by atoms with Gasteiger partial charge in [-0.2, -0.15) is 15.0 Å². The molecule has 6 heterocycles. The number of hydrogen-bond acceptors (Lipinski definition) is 11. The van der Waals surface area contributed by atoms with E-state index in [1.54, 1.807) is 28.4 Å². The van der Waals surface area contributed by atoms with Crippen molar-refractivity contribution in [3.63, 3.8) is 0 Å². The van der Waals surface area contributed by atoms with E-state index in [1.807, 2.05) is 16.5 Å². The second kappa shape index (κ2) is 10.9. The highest BCUT2D eigenvalue weighted by Crippen LogP contribution is 2.41. The quantitative estimate of drug-likeness (QED) is 0.306. The summed E-state index contributed by atoms with van der Waals surface area (Å²) in [5.74, 6) is 1.12. The van der Waals surface area contributed by atoms with Crippen LogP contribution in [0.2, 0.25) is 0 Å². The molecular formula is C29H29FN10OS2. The highest BCUT2D eigenvalue weighted by molar-refractivity contribution is 7.20. The second-order valence-corrected chi connectivity index (χ2v) is 13.2. The first-order valence-electron chi connectivity index (χ1n) is 14.3. The first-order valence-corrected chi connectivity index (χ1v) is 16.0. The van der Waals surface area contributed by atoms with Gasteiger partial charge in [0, 0.05) is 44.8 Å². The van der Waals surface area contributed by atoms with Gasteiger partial charge in [-0.1, -0.05) is 29.6 Å². The van der Waals surface area contributed by atoms with Gasteiger partial charge in [0.25, 0.3) is 0 Å². The van der Waals surface area contributed by atoms with E-state index in [0.29, 0.717) is 59.3 Å². The number of thiazole rings is 1. The number of carbonyl (C=O) groups is 1. The number of nitrogens with zero attached hydrogens (tertiary/aromatic N) is 10. The van der Waals surface area contributed by atoms with Crippen molar-refractivity contribution in [2.75, 3.05) is 56.1 Å². The number of aromatic nitrogens is 4. The molecule has 7 rings (SSSR count). The Balaban J connectivity index is 1.11. The first-order chi connectivity index (χ1) is 20.9. The van der Waals surface area contributed by atoms with Crippen LogP contribution in [0, 0.1) is 40.3 Å². The smallest absolute Gasteiger partial charge is 0.236 e. The molecule has 0 aliphatic carbocycles. The van der Waals surface area contributed by atoms with Gasteiger partial charge in [-0.25, -0.2) is 14.4 Å². The molecule has 3 saturated heterocycles. The number of anilines is 3. The van der Waals surface area contributed by atoms with Crippen LogP contribution in [-0.4, -0.2) is 87.6 Å². The van der Waals surface area contributed by atoms with E-state index in [2.05, 4.69) is 28.9 Å². The number of fused-ring (bicyclic) bond motifs is 2. The number of aryl methyl sites for hydroxylation is 1. The van der Waals surface area contributed by atoms with Crippen LogP contribution in [0.1, 0.15) is 23.9 Å².